The predicted octanol–water partition coefficient (Wildman–Crippen LogP) is 3.13. The quantitative estimate of drug-likeness (QED) is 0.929. The number of hydrogen-bond acceptors (Lipinski definition) is 2. The summed E-state index contributed by atoms with van der Waals surface area (Å²) in [6, 6.07) is 5.22. The van der Waals surface area contributed by atoms with Crippen LogP contribution in [0.15, 0.2) is 18.2 Å². The standard InChI is InChI=1S/C16H22FN3/c1-2-20-14-5-3-4-13(17)16(14)19-15(20)7-6-12-8-10-18-11-9-12/h3-5,12,18H,2,6-11H2,1H3. The number of para-hydroxylation sites is 1. The number of rotatable bonds is 4. The third-order valence-electron chi connectivity index (χ3n) is 4.36. The maximum Gasteiger partial charge on any atom is 0.151 e. The highest BCUT2D eigenvalue weighted by Crippen LogP contribution is 2.23. The zero-order valence-electron chi connectivity index (χ0n) is 12.0. The van der Waals surface area contributed by atoms with Crippen LogP contribution in [0.25, 0.3) is 11.0 Å². The van der Waals surface area contributed by atoms with Crippen molar-refractivity contribution in [1.82, 2.24) is 14.9 Å². The number of piperidine rings is 1. The van der Waals surface area contributed by atoms with Gasteiger partial charge in [-0.15, -0.1) is 0 Å². The fraction of sp³-hybridized carbons (Fsp3) is 0.562. The Kier molecular flexibility index (Phi) is 4.01. The van der Waals surface area contributed by atoms with Crippen LogP contribution in [0, 0.1) is 11.7 Å². The lowest BCUT2D eigenvalue weighted by molar-refractivity contribution is 0.351. The average Bonchev–Trinajstić information content (AvgIpc) is 2.85. The number of aryl methyl sites for hydroxylation is 2. The highest BCUT2D eigenvalue weighted by molar-refractivity contribution is 5.76. The summed E-state index contributed by atoms with van der Waals surface area (Å²) in [6.07, 6.45) is 4.61. The Morgan fingerprint density at radius 2 is 2.15 bits per heavy atom. The van der Waals surface area contributed by atoms with Crippen LogP contribution < -0.4 is 5.32 Å². The molecule has 0 amide bonds. The van der Waals surface area contributed by atoms with Gasteiger partial charge in [0, 0.05) is 13.0 Å². The van der Waals surface area contributed by atoms with Gasteiger partial charge in [-0.25, -0.2) is 9.37 Å². The van der Waals surface area contributed by atoms with Crippen LogP contribution in [0.1, 0.15) is 32.0 Å². The molecular formula is C16H22FN3. The van der Waals surface area contributed by atoms with Crippen LogP contribution in [-0.2, 0) is 13.0 Å². The van der Waals surface area contributed by atoms with Gasteiger partial charge in [-0.1, -0.05) is 6.07 Å². The molecule has 1 aromatic carbocycles. The van der Waals surface area contributed by atoms with Gasteiger partial charge in [0.1, 0.15) is 11.3 Å². The number of nitrogens with zero attached hydrogens (tertiary/aromatic N) is 2. The second-order valence-electron chi connectivity index (χ2n) is 5.61. The van der Waals surface area contributed by atoms with E-state index in [9.17, 15) is 4.39 Å². The first-order valence-corrected chi connectivity index (χ1v) is 7.64. The van der Waals surface area contributed by atoms with Crippen LogP contribution in [-0.4, -0.2) is 22.6 Å². The molecule has 0 spiro atoms. The lowest BCUT2D eigenvalue weighted by atomic mass is 9.93. The van der Waals surface area contributed by atoms with E-state index >= 15 is 0 Å². The molecule has 1 N–H and O–H groups in total. The van der Waals surface area contributed by atoms with Crippen molar-refractivity contribution < 1.29 is 4.39 Å². The van der Waals surface area contributed by atoms with Crippen molar-refractivity contribution in [2.24, 2.45) is 5.92 Å². The minimum Gasteiger partial charge on any atom is -0.328 e. The van der Waals surface area contributed by atoms with Gasteiger partial charge in [0.15, 0.2) is 5.82 Å². The van der Waals surface area contributed by atoms with Crippen LogP contribution in [0.5, 0.6) is 0 Å². The first kappa shape index (κ1) is 13.6. The van der Waals surface area contributed by atoms with Gasteiger partial charge >= 0.3 is 0 Å². The van der Waals surface area contributed by atoms with Crippen molar-refractivity contribution >= 4 is 11.0 Å². The summed E-state index contributed by atoms with van der Waals surface area (Å²) in [7, 11) is 0. The summed E-state index contributed by atoms with van der Waals surface area (Å²) >= 11 is 0. The molecule has 1 saturated heterocycles. The molecule has 3 rings (SSSR count). The largest absolute Gasteiger partial charge is 0.328 e. The van der Waals surface area contributed by atoms with Crippen molar-refractivity contribution in [2.45, 2.75) is 39.2 Å². The summed E-state index contributed by atoms with van der Waals surface area (Å²) in [5.41, 5.74) is 1.45. The fourth-order valence-corrected chi connectivity index (χ4v) is 3.21. The molecule has 1 fully saturated rings. The number of halogens is 1. The summed E-state index contributed by atoms with van der Waals surface area (Å²) in [6.45, 7) is 5.20. The predicted molar refractivity (Wildman–Crippen MR) is 79.3 cm³/mol. The van der Waals surface area contributed by atoms with Crippen molar-refractivity contribution in [3.8, 4) is 0 Å². The number of aromatic nitrogens is 2. The Labute approximate surface area is 119 Å². The van der Waals surface area contributed by atoms with Crippen molar-refractivity contribution in [1.29, 1.82) is 0 Å². The molecule has 108 valence electrons. The van der Waals surface area contributed by atoms with Gasteiger partial charge in [0.2, 0.25) is 0 Å². The molecule has 1 aliphatic rings. The molecule has 0 saturated carbocycles. The van der Waals surface area contributed by atoms with Crippen LogP contribution >= 0.6 is 0 Å². The topological polar surface area (TPSA) is 29.9 Å². The van der Waals surface area contributed by atoms with E-state index in [4.69, 9.17) is 0 Å². The average molecular weight is 275 g/mol. The van der Waals surface area contributed by atoms with E-state index < -0.39 is 0 Å². The Bertz CT molecular complexity index is 585. The fourth-order valence-electron chi connectivity index (χ4n) is 3.21. The SMILES string of the molecule is CCn1c(CCC2CCNCC2)nc2c(F)cccc21. The number of imidazole rings is 1. The Morgan fingerprint density at radius 1 is 1.35 bits per heavy atom. The van der Waals surface area contributed by atoms with Gasteiger partial charge in [0.25, 0.3) is 0 Å². The highest BCUT2D eigenvalue weighted by Gasteiger charge is 2.16. The maximum absolute atomic E-state index is 13.8. The van der Waals surface area contributed by atoms with Crippen molar-refractivity contribution in [3.63, 3.8) is 0 Å². The Balaban J connectivity index is 1.81. The summed E-state index contributed by atoms with van der Waals surface area (Å²) in [5, 5.41) is 3.39. The molecule has 0 bridgehead atoms. The van der Waals surface area contributed by atoms with Crippen LogP contribution in [0.4, 0.5) is 4.39 Å². The van der Waals surface area contributed by atoms with Gasteiger partial charge in [-0.3, -0.25) is 0 Å². The molecule has 0 atom stereocenters. The summed E-state index contributed by atoms with van der Waals surface area (Å²) in [4.78, 5) is 4.54. The van der Waals surface area contributed by atoms with E-state index in [1.54, 1.807) is 6.07 Å². The molecule has 4 heteroatoms. The van der Waals surface area contributed by atoms with E-state index in [1.165, 1.54) is 18.9 Å². The number of fused-ring (bicyclic) bond motifs is 1. The molecule has 3 nitrogen and oxygen atoms in total. The van der Waals surface area contributed by atoms with Crippen LogP contribution in [0.2, 0.25) is 0 Å². The molecule has 1 aromatic heterocycles. The maximum atomic E-state index is 13.8. The van der Waals surface area contributed by atoms with Gasteiger partial charge in [-0.2, -0.15) is 0 Å². The minimum atomic E-state index is -0.210. The van der Waals surface area contributed by atoms with Crippen molar-refractivity contribution in [3.05, 3.63) is 29.8 Å². The van der Waals surface area contributed by atoms with Crippen LogP contribution in [0.3, 0.4) is 0 Å². The number of benzene rings is 1. The molecule has 20 heavy (non-hydrogen) atoms. The first-order valence-electron chi connectivity index (χ1n) is 7.64. The molecule has 0 radical (unpaired) electrons. The van der Waals surface area contributed by atoms with E-state index in [2.05, 4.69) is 21.8 Å². The second-order valence-corrected chi connectivity index (χ2v) is 5.61. The summed E-state index contributed by atoms with van der Waals surface area (Å²) < 4.78 is 16.0. The third kappa shape index (κ3) is 2.57. The monoisotopic (exact) mass is 275 g/mol. The minimum absolute atomic E-state index is 0.210. The highest BCUT2D eigenvalue weighted by atomic mass is 19.1. The van der Waals surface area contributed by atoms with E-state index in [-0.39, 0.29) is 5.82 Å². The lowest BCUT2D eigenvalue weighted by Gasteiger charge is -2.22. The molecule has 2 aromatic rings. The number of nitrogens with one attached hydrogen (secondary N) is 1. The lowest BCUT2D eigenvalue weighted by Crippen LogP contribution is -2.28. The smallest absolute Gasteiger partial charge is 0.151 e. The van der Waals surface area contributed by atoms with E-state index in [0.29, 0.717) is 5.52 Å². The Morgan fingerprint density at radius 3 is 2.90 bits per heavy atom. The van der Waals surface area contributed by atoms with E-state index in [0.717, 1.165) is 49.7 Å². The normalized spacial score (nSPS) is 16.9. The van der Waals surface area contributed by atoms with Gasteiger partial charge < -0.3 is 9.88 Å². The summed E-state index contributed by atoms with van der Waals surface area (Å²) in [5.74, 6) is 1.61. The molecule has 0 unspecified atom stereocenters. The molecule has 2 heterocycles. The van der Waals surface area contributed by atoms with Crippen molar-refractivity contribution in [2.75, 3.05) is 13.1 Å². The van der Waals surface area contributed by atoms with Gasteiger partial charge in [0.05, 0.1) is 5.52 Å². The molecule has 1 aliphatic heterocycles. The Hall–Kier alpha value is -1.42. The zero-order chi connectivity index (χ0) is 13.9. The second kappa shape index (κ2) is 5.92. The molecular weight excluding hydrogens is 253 g/mol. The first-order chi connectivity index (χ1) is 9.79. The van der Waals surface area contributed by atoms with Gasteiger partial charge in [-0.05, 0) is 57.3 Å². The third-order valence-corrected chi connectivity index (χ3v) is 4.36. The molecule has 0 aliphatic carbocycles. The van der Waals surface area contributed by atoms with E-state index in [1.807, 2.05) is 6.07 Å². The number of hydrogen-bond donors (Lipinski definition) is 1. The zero-order valence-corrected chi connectivity index (χ0v) is 12.0.